The lowest BCUT2D eigenvalue weighted by atomic mass is 10.1. The summed E-state index contributed by atoms with van der Waals surface area (Å²) in [6.07, 6.45) is 0.687. The Bertz CT molecular complexity index is 915. The zero-order valence-electron chi connectivity index (χ0n) is 15.4. The maximum absolute atomic E-state index is 12.6. The van der Waals surface area contributed by atoms with Gasteiger partial charge in [-0.1, -0.05) is 42.3 Å². The van der Waals surface area contributed by atoms with E-state index in [9.17, 15) is 13.2 Å². The van der Waals surface area contributed by atoms with E-state index in [1.807, 2.05) is 6.92 Å². The molecule has 0 aliphatic rings. The van der Waals surface area contributed by atoms with Gasteiger partial charge >= 0.3 is 0 Å². The molecule has 1 N–H and O–H groups in total. The standard InChI is InChI=1S/C19H22Cl2N2O3S/c1-4-13(2)22-27(25,26)16-10-8-14(9-11-16)19(24)23(3)12-15-6-5-7-17(20)18(15)21/h5-11,13,22H,4,12H2,1-3H3. The molecule has 8 heteroatoms. The molecular weight excluding hydrogens is 407 g/mol. The second kappa shape index (κ2) is 9.06. The maximum Gasteiger partial charge on any atom is 0.253 e. The lowest BCUT2D eigenvalue weighted by Gasteiger charge is -2.19. The summed E-state index contributed by atoms with van der Waals surface area (Å²) in [4.78, 5) is 14.2. The average molecular weight is 429 g/mol. The van der Waals surface area contributed by atoms with Gasteiger partial charge < -0.3 is 4.90 Å². The topological polar surface area (TPSA) is 66.5 Å². The second-order valence-corrected chi connectivity index (χ2v) is 8.83. The number of carbonyl (C=O) groups excluding carboxylic acids is 1. The molecule has 2 aromatic carbocycles. The summed E-state index contributed by atoms with van der Waals surface area (Å²) in [7, 11) is -1.95. The predicted molar refractivity (Wildman–Crippen MR) is 109 cm³/mol. The quantitative estimate of drug-likeness (QED) is 0.712. The minimum atomic E-state index is -3.60. The minimum absolute atomic E-state index is 0.125. The molecule has 0 aliphatic heterocycles. The van der Waals surface area contributed by atoms with E-state index in [1.165, 1.54) is 29.2 Å². The van der Waals surface area contributed by atoms with Crippen LogP contribution in [0.25, 0.3) is 0 Å². The van der Waals surface area contributed by atoms with Crippen molar-refractivity contribution in [2.75, 3.05) is 7.05 Å². The summed E-state index contributed by atoms with van der Waals surface area (Å²) in [5.41, 5.74) is 1.12. The van der Waals surface area contributed by atoms with E-state index >= 15 is 0 Å². The van der Waals surface area contributed by atoms with Crippen molar-refractivity contribution < 1.29 is 13.2 Å². The zero-order chi connectivity index (χ0) is 20.2. The van der Waals surface area contributed by atoms with E-state index in [1.54, 1.807) is 32.2 Å². The minimum Gasteiger partial charge on any atom is -0.337 e. The predicted octanol–water partition coefficient (Wildman–Crippen LogP) is 4.34. The Kier molecular flexibility index (Phi) is 7.28. The van der Waals surface area contributed by atoms with E-state index in [2.05, 4.69) is 4.72 Å². The first-order valence-corrected chi connectivity index (χ1v) is 10.7. The van der Waals surface area contributed by atoms with Gasteiger partial charge in [0.2, 0.25) is 10.0 Å². The number of carbonyl (C=O) groups is 1. The highest BCUT2D eigenvalue weighted by molar-refractivity contribution is 7.89. The summed E-state index contributed by atoms with van der Waals surface area (Å²) in [5, 5.41) is 0.842. The number of sulfonamides is 1. The normalized spacial score (nSPS) is 12.6. The number of nitrogens with zero attached hydrogens (tertiary/aromatic N) is 1. The zero-order valence-corrected chi connectivity index (χ0v) is 17.7. The molecule has 2 aromatic rings. The van der Waals surface area contributed by atoms with Crippen molar-refractivity contribution in [2.45, 2.75) is 37.8 Å². The van der Waals surface area contributed by atoms with Gasteiger partial charge in [-0.3, -0.25) is 4.79 Å². The van der Waals surface area contributed by atoms with Crippen LogP contribution in [0.5, 0.6) is 0 Å². The molecule has 0 radical (unpaired) electrons. The molecule has 0 saturated carbocycles. The Balaban J connectivity index is 2.14. The summed E-state index contributed by atoms with van der Waals surface area (Å²) in [6.45, 7) is 3.98. The van der Waals surface area contributed by atoms with E-state index in [-0.39, 0.29) is 23.4 Å². The number of rotatable bonds is 7. The van der Waals surface area contributed by atoms with Crippen LogP contribution in [0.3, 0.4) is 0 Å². The molecule has 0 saturated heterocycles. The molecule has 0 spiro atoms. The molecular formula is C19H22Cl2N2O3S. The molecule has 1 amide bonds. The van der Waals surface area contributed by atoms with Crippen LogP contribution in [0.2, 0.25) is 10.0 Å². The molecule has 0 fully saturated rings. The van der Waals surface area contributed by atoms with E-state index in [0.717, 1.165) is 5.56 Å². The van der Waals surface area contributed by atoms with Crippen LogP contribution in [0.1, 0.15) is 36.2 Å². The third kappa shape index (κ3) is 5.45. The van der Waals surface area contributed by atoms with Crippen LogP contribution in [-0.2, 0) is 16.6 Å². The van der Waals surface area contributed by atoms with Gasteiger partial charge in [-0.2, -0.15) is 0 Å². The van der Waals surface area contributed by atoms with Crippen molar-refractivity contribution in [3.63, 3.8) is 0 Å². The molecule has 0 aromatic heterocycles. The smallest absolute Gasteiger partial charge is 0.253 e. The van der Waals surface area contributed by atoms with Crippen molar-refractivity contribution in [2.24, 2.45) is 0 Å². The second-order valence-electron chi connectivity index (χ2n) is 6.33. The van der Waals surface area contributed by atoms with Gasteiger partial charge in [0, 0.05) is 25.2 Å². The Morgan fingerprint density at radius 2 is 1.78 bits per heavy atom. The molecule has 2 rings (SSSR count). The Morgan fingerprint density at radius 3 is 2.37 bits per heavy atom. The largest absolute Gasteiger partial charge is 0.337 e. The molecule has 0 bridgehead atoms. The van der Waals surface area contributed by atoms with E-state index in [0.29, 0.717) is 22.0 Å². The van der Waals surface area contributed by atoms with Gasteiger partial charge in [-0.25, -0.2) is 13.1 Å². The number of amides is 1. The molecule has 27 heavy (non-hydrogen) atoms. The molecule has 1 unspecified atom stereocenters. The third-order valence-electron chi connectivity index (χ3n) is 4.17. The summed E-state index contributed by atoms with van der Waals surface area (Å²) in [6, 6.07) is 11.0. The van der Waals surface area contributed by atoms with Crippen LogP contribution in [0.4, 0.5) is 0 Å². The van der Waals surface area contributed by atoms with Crippen LogP contribution >= 0.6 is 23.2 Å². The fourth-order valence-electron chi connectivity index (χ4n) is 2.41. The Labute approximate surface area is 170 Å². The van der Waals surface area contributed by atoms with Gasteiger partial charge in [-0.15, -0.1) is 0 Å². The summed E-state index contributed by atoms with van der Waals surface area (Å²) < 4.78 is 27.2. The van der Waals surface area contributed by atoms with Crippen LogP contribution in [-0.4, -0.2) is 32.3 Å². The fourth-order valence-corrected chi connectivity index (χ4v) is 4.12. The highest BCUT2D eigenvalue weighted by Gasteiger charge is 2.19. The molecule has 146 valence electrons. The number of hydrogen-bond donors (Lipinski definition) is 1. The molecule has 1 atom stereocenters. The number of benzene rings is 2. The summed E-state index contributed by atoms with van der Waals surface area (Å²) in [5.74, 6) is -0.245. The number of halogens is 2. The van der Waals surface area contributed by atoms with Crippen molar-refractivity contribution in [1.82, 2.24) is 9.62 Å². The van der Waals surface area contributed by atoms with Gasteiger partial charge in [0.15, 0.2) is 0 Å². The summed E-state index contributed by atoms with van der Waals surface area (Å²) >= 11 is 12.2. The van der Waals surface area contributed by atoms with Gasteiger partial charge in [0.1, 0.15) is 0 Å². The van der Waals surface area contributed by atoms with Crippen LogP contribution in [0, 0.1) is 0 Å². The van der Waals surface area contributed by atoms with Crippen LogP contribution < -0.4 is 4.72 Å². The van der Waals surface area contributed by atoms with Gasteiger partial charge in [0.25, 0.3) is 5.91 Å². The molecule has 0 heterocycles. The van der Waals surface area contributed by atoms with Crippen molar-refractivity contribution in [1.29, 1.82) is 0 Å². The van der Waals surface area contributed by atoms with Crippen molar-refractivity contribution >= 4 is 39.1 Å². The Morgan fingerprint density at radius 1 is 1.15 bits per heavy atom. The first-order chi connectivity index (χ1) is 12.7. The highest BCUT2D eigenvalue weighted by Crippen LogP contribution is 2.26. The van der Waals surface area contributed by atoms with Crippen molar-refractivity contribution in [3.8, 4) is 0 Å². The first kappa shape index (κ1) is 21.7. The van der Waals surface area contributed by atoms with Gasteiger partial charge in [-0.05, 0) is 49.2 Å². The lowest BCUT2D eigenvalue weighted by Crippen LogP contribution is -2.32. The monoisotopic (exact) mass is 428 g/mol. The Hall–Kier alpha value is -1.60. The van der Waals surface area contributed by atoms with Crippen molar-refractivity contribution in [3.05, 3.63) is 63.6 Å². The fraction of sp³-hybridized carbons (Fsp3) is 0.316. The maximum atomic E-state index is 12.6. The number of hydrogen-bond acceptors (Lipinski definition) is 3. The number of nitrogens with one attached hydrogen (secondary N) is 1. The van der Waals surface area contributed by atoms with Crippen LogP contribution in [0.15, 0.2) is 47.4 Å². The molecule has 0 aliphatic carbocycles. The first-order valence-electron chi connectivity index (χ1n) is 8.46. The van der Waals surface area contributed by atoms with E-state index in [4.69, 9.17) is 23.2 Å². The SMILES string of the molecule is CCC(C)NS(=O)(=O)c1ccc(C(=O)N(C)Cc2cccc(Cl)c2Cl)cc1. The molecule has 5 nitrogen and oxygen atoms in total. The third-order valence-corrected chi connectivity index (χ3v) is 6.63. The van der Waals surface area contributed by atoms with E-state index < -0.39 is 10.0 Å². The van der Waals surface area contributed by atoms with Gasteiger partial charge in [0.05, 0.1) is 14.9 Å². The average Bonchev–Trinajstić information content (AvgIpc) is 2.64. The highest BCUT2D eigenvalue weighted by atomic mass is 35.5. The lowest BCUT2D eigenvalue weighted by molar-refractivity contribution is 0.0785.